The molecule has 1 rings (SSSR count). The highest BCUT2D eigenvalue weighted by molar-refractivity contribution is 5.21. The molecule has 0 aliphatic rings. The topological polar surface area (TPSA) is 21.3 Å². The first-order valence-corrected chi connectivity index (χ1v) is 6.17. The van der Waals surface area contributed by atoms with Crippen LogP contribution in [0.2, 0.25) is 0 Å². The summed E-state index contributed by atoms with van der Waals surface area (Å²) in [4.78, 5) is 0. The zero-order chi connectivity index (χ0) is 12.7. The molecule has 1 aromatic carbocycles. The summed E-state index contributed by atoms with van der Waals surface area (Å²) in [6.45, 7) is 5.70. The highest BCUT2D eigenvalue weighted by atomic mass is 19.1. The van der Waals surface area contributed by atoms with Gasteiger partial charge in [-0.15, -0.1) is 0 Å². The molecule has 1 N–H and O–H groups in total. The van der Waals surface area contributed by atoms with E-state index in [1.807, 2.05) is 19.1 Å². The molecule has 1 aromatic rings. The smallest absolute Gasteiger partial charge is 0.127 e. The van der Waals surface area contributed by atoms with Gasteiger partial charge in [-0.1, -0.05) is 32.0 Å². The molecule has 0 aliphatic carbocycles. The van der Waals surface area contributed by atoms with E-state index in [-0.39, 0.29) is 11.9 Å². The second-order valence-electron chi connectivity index (χ2n) is 4.32. The SMILES string of the molecule is CCNC(c1ccccc1F)C(C)CCOC. The van der Waals surface area contributed by atoms with Crippen molar-refractivity contribution >= 4 is 0 Å². The Bertz CT molecular complexity index is 330. The second-order valence-corrected chi connectivity index (χ2v) is 4.32. The van der Waals surface area contributed by atoms with E-state index in [1.54, 1.807) is 13.2 Å². The van der Waals surface area contributed by atoms with Crippen LogP contribution in [0, 0.1) is 11.7 Å². The highest BCUT2D eigenvalue weighted by Gasteiger charge is 2.20. The lowest BCUT2D eigenvalue weighted by atomic mass is 9.91. The average Bonchev–Trinajstić information content (AvgIpc) is 2.34. The Morgan fingerprint density at radius 2 is 2.06 bits per heavy atom. The van der Waals surface area contributed by atoms with Gasteiger partial charge in [-0.3, -0.25) is 0 Å². The molecule has 0 aliphatic heterocycles. The summed E-state index contributed by atoms with van der Waals surface area (Å²) in [7, 11) is 1.69. The van der Waals surface area contributed by atoms with Crippen molar-refractivity contribution < 1.29 is 9.13 Å². The summed E-state index contributed by atoms with van der Waals surface area (Å²) in [5.41, 5.74) is 0.748. The van der Waals surface area contributed by atoms with Gasteiger partial charge in [0.25, 0.3) is 0 Å². The molecule has 17 heavy (non-hydrogen) atoms. The first-order chi connectivity index (χ1) is 8.20. The van der Waals surface area contributed by atoms with Crippen molar-refractivity contribution in [2.24, 2.45) is 5.92 Å². The summed E-state index contributed by atoms with van der Waals surface area (Å²) < 4.78 is 18.9. The monoisotopic (exact) mass is 239 g/mol. The van der Waals surface area contributed by atoms with Gasteiger partial charge in [0.15, 0.2) is 0 Å². The molecule has 0 spiro atoms. The number of ether oxygens (including phenoxy) is 1. The molecule has 0 saturated heterocycles. The third-order valence-corrected chi connectivity index (χ3v) is 3.01. The van der Waals surface area contributed by atoms with Crippen LogP contribution in [-0.2, 0) is 4.74 Å². The minimum Gasteiger partial charge on any atom is -0.385 e. The van der Waals surface area contributed by atoms with Crippen LogP contribution in [0.25, 0.3) is 0 Å². The van der Waals surface area contributed by atoms with Crippen molar-refractivity contribution in [1.82, 2.24) is 5.32 Å². The normalized spacial score (nSPS) is 14.6. The Morgan fingerprint density at radius 3 is 2.65 bits per heavy atom. The van der Waals surface area contributed by atoms with Crippen molar-refractivity contribution in [2.75, 3.05) is 20.3 Å². The Balaban J connectivity index is 2.81. The van der Waals surface area contributed by atoms with Gasteiger partial charge in [-0.05, 0) is 24.9 Å². The van der Waals surface area contributed by atoms with Crippen molar-refractivity contribution in [3.05, 3.63) is 35.6 Å². The maximum Gasteiger partial charge on any atom is 0.127 e. The molecule has 3 heteroatoms. The van der Waals surface area contributed by atoms with E-state index < -0.39 is 0 Å². The van der Waals surface area contributed by atoms with Crippen LogP contribution in [0.5, 0.6) is 0 Å². The molecule has 0 radical (unpaired) electrons. The van der Waals surface area contributed by atoms with E-state index in [0.717, 1.165) is 18.5 Å². The molecular formula is C14H22FNO. The molecule has 0 heterocycles. The largest absolute Gasteiger partial charge is 0.385 e. The molecule has 96 valence electrons. The number of rotatable bonds is 7. The molecule has 2 atom stereocenters. The van der Waals surface area contributed by atoms with Crippen LogP contribution in [0.1, 0.15) is 31.9 Å². The van der Waals surface area contributed by atoms with Gasteiger partial charge >= 0.3 is 0 Å². The van der Waals surface area contributed by atoms with Gasteiger partial charge in [0, 0.05) is 25.3 Å². The Labute approximate surface area is 103 Å². The van der Waals surface area contributed by atoms with Crippen LogP contribution in [0.4, 0.5) is 4.39 Å². The number of benzene rings is 1. The summed E-state index contributed by atoms with van der Waals surface area (Å²) in [6.07, 6.45) is 0.919. The van der Waals surface area contributed by atoms with Crippen LogP contribution in [0.15, 0.2) is 24.3 Å². The number of nitrogens with one attached hydrogen (secondary N) is 1. The van der Waals surface area contributed by atoms with Gasteiger partial charge in [0.05, 0.1) is 0 Å². The van der Waals surface area contributed by atoms with Crippen molar-refractivity contribution in [1.29, 1.82) is 0 Å². The quantitative estimate of drug-likeness (QED) is 0.789. The molecule has 0 aromatic heterocycles. The Hall–Kier alpha value is -0.930. The molecule has 2 nitrogen and oxygen atoms in total. The molecule has 0 amide bonds. The number of halogens is 1. The number of methoxy groups -OCH3 is 1. The summed E-state index contributed by atoms with van der Waals surface area (Å²) >= 11 is 0. The first kappa shape index (κ1) is 14.1. The zero-order valence-electron chi connectivity index (χ0n) is 10.9. The lowest BCUT2D eigenvalue weighted by Gasteiger charge is -2.25. The van der Waals surface area contributed by atoms with Crippen molar-refractivity contribution in [3.8, 4) is 0 Å². The third kappa shape index (κ3) is 4.10. The fourth-order valence-corrected chi connectivity index (χ4v) is 2.04. The van der Waals surface area contributed by atoms with E-state index in [4.69, 9.17) is 4.74 Å². The predicted molar refractivity (Wildman–Crippen MR) is 68.5 cm³/mol. The van der Waals surface area contributed by atoms with Gasteiger partial charge in [0.2, 0.25) is 0 Å². The maximum absolute atomic E-state index is 13.8. The third-order valence-electron chi connectivity index (χ3n) is 3.01. The average molecular weight is 239 g/mol. The maximum atomic E-state index is 13.8. The van der Waals surface area contributed by atoms with E-state index in [9.17, 15) is 4.39 Å². The van der Waals surface area contributed by atoms with Gasteiger partial charge < -0.3 is 10.1 Å². The van der Waals surface area contributed by atoms with Gasteiger partial charge in [-0.2, -0.15) is 0 Å². The lowest BCUT2D eigenvalue weighted by Crippen LogP contribution is -2.28. The molecule has 0 fully saturated rings. The summed E-state index contributed by atoms with van der Waals surface area (Å²) in [5.74, 6) is 0.203. The van der Waals surface area contributed by atoms with Crippen molar-refractivity contribution in [2.45, 2.75) is 26.3 Å². The van der Waals surface area contributed by atoms with E-state index in [1.165, 1.54) is 6.07 Å². The molecule has 0 bridgehead atoms. The fraction of sp³-hybridized carbons (Fsp3) is 0.571. The second kappa shape index (κ2) is 7.41. The summed E-state index contributed by atoms with van der Waals surface area (Å²) in [5, 5.41) is 3.35. The van der Waals surface area contributed by atoms with E-state index >= 15 is 0 Å². The van der Waals surface area contributed by atoms with Gasteiger partial charge in [0.1, 0.15) is 5.82 Å². The predicted octanol–water partition coefficient (Wildman–Crippen LogP) is 3.15. The standard InChI is InChI=1S/C14H22FNO/c1-4-16-14(11(2)9-10-17-3)12-7-5-6-8-13(12)15/h5-8,11,14,16H,4,9-10H2,1-3H3. The molecule has 2 unspecified atom stereocenters. The van der Waals surface area contributed by atoms with Gasteiger partial charge in [-0.25, -0.2) is 4.39 Å². The minimum absolute atomic E-state index is 0.0522. The minimum atomic E-state index is -0.136. The van der Waals surface area contributed by atoms with Crippen LogP contribution >= 0.6 is 0 Å². The van der Waals surface area contributed by atoms with E-state index in [2.05, 4.69) is 12.2 Å². The first-order valence-electron chi connectivity index (χ1n) is 6.17. The molecular weight excluding hydrogens is 217 g/mol. The lowest BCUT2D eigenvalue weighted by molar-refractivity contribution is 0.170. The zero-order valence-corrected chi connectivity index (χ0v) is 10.9. The highest BCUT2D eigenvalue weighted by Crippen LogP contribution is 2.26. The summed E-state index contributed by atoms with van der Waals surface area (Å²) in [6, 6.07) is 7.03. The number of hydrogen-bond donors (Lipinski definition) is 1. The fourth-order valence-electron chi connectivity index (χ4n) is 2.04. The van der Waals surface area contributed by atoms with Crippen LogP contribution < -0.4 is 5.32 Å². The molecule has 0 saturated carbocycles. The van der Waals surface area contributed by atoms with Crippen LogP contribution in [-0.4, -0.2) is 20.3 Å². The van der Waals surface area contributed by atoms with Crippen molar-refractivity contribution in [3.63, 3.8) is 0 Å². The number of hydrogen-bond acceptors (Lipinski definition) is 2. The Kier molecular flexibility index (Phi) is 6.16. The Morgan fingerprint density at radius 1 is 1.35 bits per heavy atom. The van der Waals surface area contributed by atoms with Crippen LogP contribution in [0.3, 0.4) is 0 Å². The van der Waals surface area contributed by atoms with E-state index in [0.29, 0.717) is 12.5 Å².